The molecule has 0 spiro atoms. The first-order valence-corrected chi connectivity index (χ1v) is 10.8. The molecule has 1 rings (SSSR count). The second kappa shape index (κ2) is 9.80. The number of rotatable bonds is 8. The van der Waals surface area contributed by atoms with Crippen molar-refractivity contribution in [2.75, 3.05) is 6.61 Å². The van der Waals surface area contributed by atoms with Gasteiger partial charge in [0.15, 0.2) is 0 Å². The molecule has 3 heteroatoms. The fraction of sp³-hybridized carbons (Fsp3) is 0.720. The number of carbonyl (C=O) groups excluding carboxylic acids is 1. The van der Waals surface area contributed by atoms with Crippen molar-refractivity contribution >= 4 is 5.97 Å². The number of esters is 1. The van der Waals surface area contributed by atoms with Gasteiger partial charge in [0.05, 0.1) is 6.61 Å². The van der Waals surface area contributed by atoms with Gasteiger partial charge in [0, 0.05) is 12.3 Å². The SMILES string of the molecule is CCC(=O)OCC(CCCC(C)C)c1cc(C(C)(C)C)c(O)c(C(C)(C)C)c1. The maximum Gasteiger partial charge on any atom is 0.305 e. The predicted molar refractivity (Wildman–Crippen MR) is 118 cm³/mol. The minimum atomic E-state index is -0.164. The van der Waals surface area contributed by atoms with Crippen LogP contribution in [0.5, 0.6) is 5.75 Å². The summed E-state index contributed by atoms with van der Waals surface area (Å²) in [5.41, 5.74) is 2.77. The lowest BCUT2D eigenvalue weighted by molar-refractivity contribution is -0.143. The molecule has 0 bridgehead atoms. The van der Waals surface area contributed by atoms with Crippen molar-refractivity contribution in [3.8, 4) is 5.75 Å². The number of phenolic OH excluding ortho intramolecular Hbond substituents is 1. The van der Waals surface area contributed by atoms with Crippen LogP contribution in [0, 0.1) is 5.92 Å². The number of hydrogen-bond donors (Lipinski definition) is 1. The lowest BCUT2D eigenvalue weighted by atomic mass is 9.76. The molecule has 0 aliphatic carbocycles. The van der Waals surface area contributed by atoms with Crippen molar-refractivity contribution in [2.45, 2.75) is 105 Å². The smallest absolute Gasteiger partial charge is 0.305 e. The molecule has 0 aliphatic rings. The lowest BCUT2D eigenvalue weighted by Crippen LogP contribution is -2.20. The van der Waals surface area contributed by atoms with Crippen molar-refractivity contribution in [1.29, 1.82) is 0 Å². The summed E-state index contributed by atoms with van der Waals surface area (Å²) in [5.74, 6) is 1.06. The summed E-state index contributed by atoms with van der Waals surface area (Å²) in [6, 6.07) is 4.26. The van der Waals surface area contributed by atoms with Crippen LogP contribution in [-0.2, 0) is 20.4 Å². The number of carbonyl (C=O) groups is 1. The predicted octanol–water partition coefficient (Wildman–Crippen LogP) is 6.85. The molecule has 1 aromatic carbocycles. The van der Waals surface area contributed by atoms with E-state index < -0.39 is 0 Å². The van der Waals surface area contributed by atoms with E-state index >= 15 is 0 Å². The van der Waals surface area contributed by atoms with Crippen LogP contribution in [-0.4, -0.2) is 17.7 Å². The summed E-state index contributed by atoms with van der Waals surface area (Å²) >= 11 is 0. The molecule has 0 aliphatic heterocycles. The number of benzene rings is 1. The second-order valence-electron chi connectivity index (χ2n) is 10.5. The molecule has 1 unspecified atom stereocenters. The Hall–Kier alpha value is -1.51. The zero-order valence-electron chi connectivity index (χ0n) is 19.6. The van der Waals surface area contributed by atoms with E-state index in [2.05, 4.69) is 67.5 Å². The van der Waals surface area contributed by atoms with Crippen LogP contribution in [0.25, 0.3) is 0 Å². The van der Waals surface area contributed by atoms with Gasteiger partial charge >= 0.3 is 5.97 Å². The first kappa shape index (κ1) is 24.5. The van der Waals surface area contributed by atoms with Gasteiger partial charge in [-0.15, -0.1) is 0 Å². The van der Waals surface area contributed by atoms with E-state index in [0.717, 1.165) is 30.4 Å². The van der Waals surface area contributed by atoms with E-state index in [9.17, 15) is 9.90 Å². The quantitative estimate of drug-likeness (QED) is 0.494. The van der Waals surface area contributed by atoms with Crippen LogP contribution < -0.4 is 0 Å². The molecule has 160 valence electrons. The zero-order valence-corrected chi connectivity index (χ0v) is 19.6. The zero-order chi connectivity index (χ0) is 21.7. The van der Waals surface area contributed by atoms with E-state index in [0.29, 0.717) is 24.7 Å². The molecule has 1 N–H and O–H groups in total. The van der Waals surface area contributed by atoms with Gasteiger partial charge in [-0.25, -0.2) is 0 Å². The van der Waals surface area contributed by atoms with E-state index in [4.69, 9.17) is 4.74 Å². The first-order valence-electron chi connectivity index (χ1n) is 10.8. The largest absolute Gasteiger partial charge is 0.507 e. The lowest BCUT2D eigenvalue weighted by Gasteiger charge is -2.30. The average molecular weight is 391 g/mol. The third-order valence-corrected chi connectivity index (χ3v) is 5.29. The molecular formula is C25H42O3. The van der Waals surface area contributed by atoms with Gasteiger partial charge in [0.25, 0.3) is 0 Å². The monoisotopic (exact) mass is 390 g/mol. The molecule has 3 nitrogen and oxygen atoms in total. The Kier molecular flexibility index (Phi) is 8.59. The van der Waals surface area contributed by atoms with Crippen molar-refractivity contribution in [1.82, 2.24) is 0 Å². The topological polar surface area (TPSA) is 46.5 Å². The van der Waals surface area contributed by atoms with Crippen LogP contribution in [0.2, 0.25) is 0 Å². The van der Waals surface area contributed by atoms with Crippen LogP contribution in [0.15, 0.2) is 12.1 Å². The van der Waals surface area contributed by atoms with Crippen molar-refractivity contribution in [2.24, 2.45) is 5.92 Å². The highest BCUT2D eigenvalue weighted by Crippen LogP contribution is 2.41. The summed E-state index contributed by atoms with van der Waals surface area (Å²) < 4.78 is 5.55. The molecule has 0 heterocycles. The van der Waals surface area contributed by atoms with Crippen molar-refractivity contribution < 1.29 is 14.6 Å². The molecule has 0 saturated carbocycles. The highest BCUT2D eigenvalue weighted by Gasteiger charge is 2.28. The third kappa shape index (κ3) is 7.14. The summed E-state index contributed by atoms with van der Waals surface area (Å²) in [7, 11) is 0. The molecule has 1 aromatic rings. The van der Waals surface area contributed by atoms with Gasteiger partial charge in [-0.1, -0.05) is 87.3 Å². The van der Waals surface area contributed by atoms with E-state index in [1.807, 2.05) is 6.92 Å². The van der Waals surface area contributed by atoms with Crippen molar-refractivity contribution in [3.05, 3.63) is 28.8 Å². The second-order valence-corrected chi connectivity index (χ2v) is 10.5. The van der Waals surface area contributed by atoms with Gasteiger partial charge in [0.1, 0.15) is 5.75 Å². The van der Waals surface area contributed by atoms with E-state index in [-0.39, 0.29) is 22.7 Å². The Morgan fingerprint density at radius 2 is 1.50 bits per heavy atom. The van der Waals surface area contributed by atoms with Crippen LogP contribution in [0.4, 0.5) is 0 Å². The Morgan fingerprint density at radius 1 is 1.00 bits per heavy atom. The summed E-state index contributed by atoms with van der Waals surface area (Å²) in [6.07, 6.45) is 3.64. The molecule has 0 radical (unpaired) electrons. The van der Waals surface area contributed by atoms with Crippen molar-refractivity contribution in [3.63, 3.8) is 0 Å². The molecule has 0 fully saturated rings. The van der Waals surface area contributed by atoms with Gasteiger partial charge in [0.2, 0.25) is 0 Å². The molecule has 0 amide bonds. The van der Waals surface area contributed by atoms with Gasteiger partial charge in [-0.2, -0.15) is 0 Å². The standard InChI is InChI=1S/C25H42O3/c1-10-22(26)28-16-18(13-11-12-17(2)3)19-14-20(24(4,5)6)23(27)21(15-19)25(7,8)9/h14-15,17-18,27H,10-13,16H2,1-9H3. The maximum absolute atomic E-state index is 11.8. The normalized spacial score (nSPS) is 13.6. The van der Waals surface area contributed by atoms with E-state index in [1.165, 1.54) is 5.56 Å². The maximum atomic E-state index is 11.8. The molecule has 0 saturated heterocycles. The van der Waals surface area contributed by atoms with Crippen LogP contribution in [0.1, 0.15) is 111 Å². The Balaban J connectivity index is 3.37. The van der Waals surface area contributed by atoms with Crippen LogP contribution in [0.3, 0.4) is 0 Å². The Bertz CT molecular complexity index is 610. The summed E-state index contributed by atoms with van der Waals surface area (Å²) in [4.78, 5) is 11.8. The molecule has 28 heavy (non-hydrogen) atoms. The fourth-order valence-electron chi connectivity index (χ4n) is 3.45. The molecular weight excluding hydrogens is 348 g/mol. The van der Waals surface area contributed by atoms with Gasteiger partial charge in [-0.3, -0.25) is 4.79 Å². The highest BCUT2D eigenvalue weighted by molar-refractivity contribution is 5.68. The minimum Gasteiger partial charge on any atom is -0.507 e. The minimum absolute atomic E-state index is 0.150. The highest BCUT2D eigenvalue weighted by atomic mass is 16.5. The number of ether oxygens (including phenoxy) is 1. The number of hydrogen-bond acceptors (Lipinski definition) is 3. The summed E-state index contributed by atoms with van der Waals surface area (Å²) in [6.45, 7) is 19.5. The number of aromatic hydroxyl groups is 1. The van der Waals surface area contributed by atoms with Crippen LogP contribution >= 0.6 is 0 Å². The Morgan fingerprint density at radius 3 is 1.89 bits per heavy atom. The van der Waals surface area contributed by atoms with Gasteiger partial charge < -0.3 is 9.84 Å². The first-order chi connectivity index (χ1) is 12.8. The number of phenols is 1. The van der Waals surface area contributed by atoms with E-state index in [1.54, 1.807) is 0 Å². The molecule has 0 aromatic heterocycles. The fourth-order valence-corrected chi connectivity index (χ4v) is 3.45. The van der Waals surface area contributed by atoms with Gasteiger partial charge in [-0.05, 0) is 39.9 Å². The third-order valence-electron chi connectivity index (χ3n) is 5.29. The molecule has 1 atom stereocenters. The average Bonchev–Trinajstić information content (AvgIpc) is 2.55. The summed E-state index contributed by atoms with van der Waals surface area (Å²) in [5, 5.41) is 11.0. The Labute approximate surface area is 172 Å².